The van der Waals surface area contributed by atoms with Gasteiger partial charge in [0.2, 0.25) is 11.7 Å². The third kappa shape index (κ3) is 7.02. The Morgan fingerprint density at radius 3 is 2.29 bits per heavy atom. The van der Waals surface area contributed by atoms with Gasteiger partial charge in [-0.15, -0.1) is 0 Å². The third-order valence-corrected chi connectivity index (χ3v) is 7.97. The molecule has 0 aromatic heterocycles. The molecule has 2 aromatic carbocycles. The second kappa shape index (κ2) is 13.7. The van der Waals surface area contributed by atoms with E-state index in [1.165, 1.54) is 24.3 Å². The Labute approximate surface area is 265 Å². The van der Waals surface area contributed by atoms with Gasteiger partial charge in [0.05, 0.1) is 27.9 Å². The molecule has 3 rings (SSSR count). The minimum Gasteiger partial charge on any atom is -0.381 e. The Hall–Kier alpha value is -3.11. The molecule has 1 aliphatic rings. The number of hydrogen-bond acceptors (Lipinski definition) is 11. The van der Waals surface area contributed by atoms with Crippen LogP contribution in [0.2, 0.25) is 0 Å². The zero-order valence-electron chi connectivity index (χ0n) is 25.5. The van der Waals surface area contributed by atoms with E-state index in [1.54, 1.807) is 12.1 Å². The number of hydrogen-bond donors (Lipinski definition) is 6. The largest absolute Gasteiger partial charge is 0.381 e. The van der Waals surface area contributed by atoms with Crippen LogP contribution in [0.3, 0.4) is 0 Å². The van der Waals surface area contributed by atoms with Crippen LogP contribution < -0.4 is 10.6 Å². The normalized spacial score (nSPS) is 19.5. The average Bonchev–Trinajstić information content (AvgIpc) is 2.98. The number of carbonyl (C=O) groups excluding carboxylic acids is 3. The molecule has 6 radical (unpaired) electrons. The zero-order chi connectivity index (χ0) is 34.0. The zero-order valence-corrected chi connectivity index (χ0v) is 25.5. The Kier molecular flexibility index (Phi) is 11.1. The van der Waals surface area contributed by atoms with Crippen molar-refractivity contribution in [1.29, 1.82) is 0 Å². The minimum absolute atomic E-state index is 0.0480. The fourth-order valence-corrected chi connectivity index (χ4v) is 5.54. The molecule has 16 heteroatoms. The van der Waals surface area contributed by atoms with Gasteiger partial charge in [-0.3, -0.25) is 19.3 Å². The average molecular weight is 620 g/mol. The first kappa shape index (κ1) is 36.4. The lowest BCUT2D eigenvalue weighted by atomic mass is 9.52. The van der Waals surface area contributed by atoms with Gasteiger partial charge in [0.25, 0.3) is 5.79 Å². The predicted molar refractivity (Wildman–Crippen MR) is 165 cm³/mol. The number of ether oxygens (including phenoxy) is 1. The molecule has 1 fully saturated rings. The molecule has 1 heterocycles. The summed E-state index contributed by atoms with van der Waals surface area (Å²) in [4.78, 5) is 39.1. The first-order valence-electron chi connectivity index (χ1n) is 14.0. The summed E-state index contributed by atoms with van der Waals surface area (Å²) in [6, 6.07) is 8.93. The van der Waals surface area contributed by atoms with Crippen molar-refractivity contribution in [2.24, 2.45) is 0 Å². The van der Waals surface area contributed by atoms with Crippen LogP contribution in [0.5, 0.6) is 0 Å². The molecule has 6 N–H and O–H groups in total. The molecule has 2 aromatic rings. The van der Waals surface area contributed by atoms with Crippen LogP contribution in [0, 0.1) is 5.82 Å². The molecule has 0 spiro atoms. The van der Waals surface area contributed by atoms with Crippen molar-refractivity contribution in [3.05, 3.63) is 64.5 Å². The number of likely N-dealkylation sites (N-methyl/N-ethyl adjacent to an activating group) is 2. The van der Waals surface area contributed by atoms with Crippen molar-refractivity contribution < 1.29 is 43.9 Å². The smallest absolute Gasteiger partial charge is 0.278 e. The highest BCUT2D eigenvalue weighted by Crippen LogP contribution is 2.40. The Morgan fingerprint density at radius 1 is 1.11 bits per heavy atom. The number of rotatable bonds is 13. The van der Waals surface area contributed by atoms with E-state index in [0.717, 1.165) is 19.7 Å². The lowest BCUT2D eigenvalue weighted by Crippen LogP contribution is -2.81. The van der Waals surface area contributed by atoms with Crippen LogP contribution in [0.1, 0.15) is 40.9 Å². The van der Waals surface area contributed by atoms with Crippen LogP contribution in [0.25, 0.3) is 0 Å². The highest BCUT2D eigenvalue weighted by molar-refractivity contribution is 6.41. The van der Waals surface area contributed by atoms with E-state index in [-0.39, 0.29) is 41.1 Å². The van der Waals surface area contributed by atoms with Crippen molar-refractivity contribution >= 4 is 47.7 Å². The summed E-state index contributed by atoms with van der Waals surface area (Å²) in [5, 5.41) is 44.1. The maximum Gasteiger partial charge on any atom is 0.278 e. The molecule has 1 amide bonds. The minimum atomic E-state index is -4.12. The van der Waals surface area contributed by atoms with E-state index in [4.69, 9.17) is 28.3 Å². The van der Waals surface area contributed by atoms with Gasteiger partial charge in [0.15, 0.2) is 6.29 Å². The van der Waals surface area contributed by atoms with Gasteiger partial charge in [-0.2, -0.15) is 0 Å². The molecular weight excluding hydrogens is 584 g/mol. The Bertz CT molecular complexity index is 1410. The molecule has 12 nitrogen and oxygen atoms in total. The highest BCUT2D eigenvalue weighted by Gasteiger charge is 2.66. The monoisotopic (exact) mass is 620 g/mol. The molecule has 0 aliphatic carbocycles. The lowest BCUT2D eigenvalue weighted by molar-refractivity contribution is -0.355. The van der Waals surface area contributed by atoms with Gasteiger partial charge in [-0.1, -0.05) is 18.2 Å². The number of halogens is 1. The highest BCUT2D eigenvalue weighted by atomic mass is 19.1. The van der Waals surface area contributed by atoms with E-state index in [1.807, 2.05) is 19.2 Å². The molecule has 0 saturated carbocycles. The summed E-state index contributed by atoms with van der Waals surface area (Å²) >= 11 is 0. The van der Waals surface area contributed by atoms with Crippen molar-refractivity contribution in [3.63, 3.8) is 0 Å². The van der Waals surface area contributed by atoms with E-state index in [2.05, 4.69) is 10.2 Å². The number of nitrogens with zero attached hydrogens (tertiary/aromatic N) is 2. The summed E-state index contributed by atoms with van der Waals surface area (Å²) in [7, 11) is 21.0. The van der Waals surface area contributed by atoms with Crippen molar-refractivity contribution in [2.45, 2.75) is 61.5 Å². The van der Waals surface area contributed by atoms with Crippen molar-refractivity contribution in [2.75, 3.05) is 32.5 Å². The number of aliphatic hydroxyl groups is 4. The van der Waals surface area contributed by atoms with Gasteiger partial charge in [0, 0.05) is 50.0 Å². The fourth-order valence-electron chi connectivity index (χ4n) is 5.54. The summed E-state index contributed by atoms with van der Waals surface area (Å²) in [5.41, 5.74) is -2.55. The molecule has 0 bridgehead atoms. The first-order chi connectivity index (χ1) is 20.9. The second-order valence-corrected chi connectivity index (χ2v) is 11.4. The molecule has 1 aliphatic heterocycles. The summed E-state index contributed by atoms with van der Waals surface area (Å²) < 4.78 is 20.7. The molecule has 3 atom stereocenters. The standard InChI is InChI=1S/C29H36B3FN4O8/c1-17-12-37(13-18(2)45-17)14-19-8-9-22(33)21(10-19)11-35-23-7-5-6-20(15-38)24(23)28(31,32)36(4)27(30,25(40)34-3)29(43,44)26(41,42)16-39/h5-10,15-18,35,41-44H,11-14H2,1-4H3,(H,34,40). The third-order valence-electron chi connectivity index (χ3n) is 7.97. The molecule has 236 valence electrons. The number of amides is 1. The van der Waals surface area contributed by atoms with E-state index in [9.17, 15) is 39.2 Å². The fraction of sp³-hybridized carbons (Fsp3) is 0.483. The Balaban J connectivity index is 2.01. The van der Waals surface area contributed by atoms with Crippen LogP contribution in [-0.4, -0.2) is 129 Å². The van der Waals surface area contributed by atoms with E-state index in [0.29, 0.717) is 30.8 Å². The summed E-state index contributed by atoms with van der Waals surface area (Å²) in [6.07, 6.45) is -0.181. The molecule has 45 heavy (non-hydrogen) atoms. The van der Waals surface area contributed by atoms with Crippen LogP contribution in [0.15, 0.2) is 36.4 Å². The van der Waals surface area contributed by atoms with Gasteiger partial charge < -0.3 is 40.7 Å². The molecule has 1 saturated heterocycles. The summed E-state index contributed by atoms with van der Waals surface area (Å²) in [6.45, 7) is 5.81. The second-order valence-electron chi connectivity index (χ2n) is 11.4. The van der Waals surface area contributed by atoms with Gasteiger partial charge in [-0.25, -0.2) is 4.39 Å². The number of aldehydes is 2. The number of benzene rings is 2. The van der Waals surface area contributed by atoms with Gasteiger partial charge in [-0.05, 0) is 55.6 Å². The van der Waals surface area contributed by atoms with E-state index < -0.39 is 40.4 Å². The number of nitrogens with one attached hydrogen (secondary N) is 2. The predicted octanol–water partition coefficient (Wildman–Crippen LogP) is -1.59. The Morgan fingerprint density at radius 2 is 1.73 bits per heavy atom. The maximum atomic E-state index is 15.0. The van der Waals surface area contributed by atoms with Crippen LogP contribution in [0.4, 0.5) is 10.1 Å². The molecule has 3 unspecified atom stereocenters. The SMILES string of the molecule is [B]C([B])(c1c(C=O)cccc1NCc1cc(CN2CC(C)OC(C)C2)ccc1F)N(C)C([B])(C(=O)NC)C(O)(O)C(O)(O)C=O. The number of anilines is 1. The van der Waals surface area contributed by atoms with Crippen LogP contribution in [-0.2, 0) is 32.8 Å². The maximum absolute atomic E-state index is 15.0. The van der Waals surface area contributed by atoms with Crippen molar-refractivity contribution in [1.82, 2.24) is 15.1 Å². The van der Waals surface area contributed by atoms with Crippen LogP contribution >= 0.6 is 0 Å². The van der Waals surface area contributed by atoms with Gasteiger partial charge >= 0.3 is 0 Å². The lowest BCUT2D eigenvalue weighted by Gasteiger charge is -2.55. The van der Waals surface area contributed by atoms with Gasteiger partial charge in [0.1, 0.15) is 25.4 Å². The summed E-state index contributed by atoms with van der Waals surface area (Å²) in [5.74, 6) is -10.1. The number of carbonyl (C=O) groups is 3. The topological polar surface area (TPSA) is 172 Å². The quantitative estimate of drug-likeness (QED) is 0.0867. The molecular formula is C29H36B3FN4O8. The number of morpholine rings is 1. The first-order valence-corrected chi connectivity index (χ1v) is 14.0. The van der Waals surface area contributed by atoms with E-state index >= 15 is 0 Å². The van der Waals surface area contributed by atoms with Crippen molar-refractivity contribution in [3.8, 4) is 0 Å².